The van der Waals surface area contributed by atoms with Crippen LogP contribution in [0.25, 0.3) is 0 Å². The van der Waals surface area contributed by atoms with Gasteiger partial charge in [0.2, 0.25) is 0 Å². The number of hydrogen-bond acceptors (Lipinski definition) is 6. The van der Waals surface area contributed by atoms with Crippen molar-refractivity contribution in [3.05, 3.63) is 35.6 Å². The lowest BCUT2D eigenvalue weighted by atomic mass is 10.1. The number of alkyl carbamates (subject to hydrolysis) is 2. The number of nitrogens with one attached hydrogen (secondary N) is 2. The van der Waals surface area contributed by atoms with Crippen molar-refractivity contribution in [1.29, 1.82) is 0 Å². The number of benzene rings is 1. The Labute approximate surface area is 208 Å². The fourth-order valence-corrected chi connectivity index (χ4v) is 2.76. The van der Waals surface area contributed by atoms with Crippen LogP contribution in [0.15, 0.2) is 24.3 Å². The second kappa shape index (κ2) is 20.8. The molecule has 33 heavy (non-hydrogen) atoms. The number of nitrogens with zero attached hydrogens (tertiary/aromatic N) is 1. The molecule has 2 amide bonds. The number of hydrogen-bond donors (Lipinski definition) is 3. The summed E-state index contributed by atoms with van der Waals surface area (Å²) >= 11 is 0. The molecule has 0 aliphatic rings. The minimum atomic E-state index is -0.456. The van der Waals surface area contributed by atoms with E-state index in [-0.39, 0.29) is 49.9 Å². The highest BCUT2D eigenvalue weighted by molar-refractivity contribution is 5.85. The van der Waals surface area contributed by atoms with Crippen LogP contribution < -0.4 is 16.4 Å². The molecule has 0 spiro atoms. The molecule has 0 heterocycles. The Balaban J connectivity index is 0. The van der Waals surface area contributed by atoms with Gasteiger partial charge in [0.05, 0.1) is 0 Å². The molecule has 1 atom stereocenters. The highest BCUT2D eigenvalue weighted by Gasteiger charge is 2.14. The zero-order chi connectivity index (χ0) is 22.9. The molecule has 192 valence electrons. The summed E-state index contributed by atoms with van der Waals surface area (Å²) in [5.74, 6) is -0.322. The Bertz CT molecular complexity index is 613. The summed E-state index contributed by atoms with van der Waals surface area (Å²) in [6.45, 7) is 6.89. The van der Waals surface area contributed by atoms with Gasteiger partial charge in [-0.3, -0.25) is 4.90 Å². The summed E-state index contributed by atoms with van der Waals surface area (Å²) in [5, 5.41) is 5.39. The summed E-state index contributed by atoms with van der Waals surface area (Å²) in [6, 6.07) is 5.67. The van der Waals surface area contributed by atoms with E-state index in [4.69, 9.17) is 15.2 Å². The van der Waals surface area contributed by atoms with Crippen LogP contribution in [0, 0.1) is 5.82 Å². The monoisotopic (exact) mass is 512 g/mol. The molecule has 1 aromatic carbocycles. The second-order valence-electron chi connectivity index (χ2n) is 7.29. The van der Waals surface area contributed by atoms with E-state index in [1.165, 1.54) is 12.1 Å². The standard InChI is InChI=1S/C22H37FN4O4.2ClH/c1-3-5-11-25-21(28)30-15-13-27(14-16-31-22(29)26-12-6-4-2)17-20(24)18-7-9-19(23)10-8-18;;/h7-10,20H,3-6,11-17,24H2,1-2H3,(H,25,28)(H,26,29);2*1H. The van der Waals surface area contributed by atoms with Gasteiger partial charge >= 0.3 is 12.2 Å². The minimum Gasteiger partial charge on any atom is -0.448 e. The highest BCUT2D eigenvalue weighted by Crippen LogP contribution is 2.12. The van der Waals surface area contributed by atoms with Gasteiger partial charge < -0.3 is 25.8 Å². The number of amides is 2. The molecule has 0 aromatic heterocycles. The Morgan fingerprint density at radius 2 is 1.39 bits per heavy atom. The first kappa shape index (κ1) is 33.4. The lowest BCUT2D eigenvalue weighted by Crippen LogP contribution is -2.39. The largest absolute Gasteiger partial charge is 0.448 e. The molecule has 4 N–H and O–H groups in total. The van der Waals surface area contributed by atoms with Crippen molar-refractivity contribution in [1.82, 2.24) is 15.5 Å². The van der Waals surface area contributed by atoms with Gasteiger partial charge in [0, 0.05) is 38.8 Å². The van der Waals surface area contributed by atoms with Crippen LogP contribution in [0.4, 0.5) is 14.0 Å². The molecule has 8 nitrogen and oxygen atoms in total. The maximum absolute atomic E-state index is 13.2. The van der Waals surface area contributed by atoms with Crippen molar-refractivity contribution in [2.45, 2.75) is 45.6 Å². The zero-order valence-electron chi connectivity index (χ0n) is 19.5. The second-order valence-corrected chi connectivity index (χ2v) is 7.29. The van der Waals surface area contributed by atoms with Crippen LogP contribution >= 0.6 is 24.8 Å². The highest BCUT2D eigenvalue weighted by atomic mass is 35.5. The van der Waals surface area contributed by atoms with Crippen LogP contribution in [0.1, 0.15) is 51.1 Å². The normalized spacial score (nSPS) is 11.1. The lowest BCUT2D eigenvalue weighted by molar-refractivity contribution is 0.104. The van der Waals surface area contributed by atoms with Crippen LogP contribution in [-0.2, 0) is 9.47 Å². The SMILES string of the molecule is CCCCNC(=O)OCCN(CCOC(=O)NCCCC)CC(N)c1ccc(F)cc1.Cl.Cl. The van der Waals surface area contributed by atoms with Gasteiger partial charge in [0.1, 0.15) is 19.0 Å². The maximum atomic E-state index is 13.2. The third-order valence-electron chi connectivity index (χ3n) is 4.63. The molecule has 11 heteroatoms. The minimum absolute atomic E-state index is 0. The van der Waals surface area contributed by atoms with Gasteiger partial charge in [-0.15, -0.1) is 24.8 Å². The predicted octanol–water partition coefficient (Wildman–Crippen LogP) is 4.02. The average Bonchev–Trinajstić information content (AvgIpc) is 2.74. The molecule has 1 unspecified atom stereocenters. The molecule has 0 saturated carbocycles. The van der Waals surface area contributed by atoms with E-state index in [9.17, 15) is 14.0 Å². The summed E-state index contributed by atoms with van der Waals surface area (Å²) < 4.78 is 23.6. The van der Waals surface area contributed by atoms with Gasteiger partial charge in [0.25, 0.3) is 0 Å². The summed E-state index contributed by atoms with van der Waals surface area (Å²) in [4.78, 5) is 25.4. The van der Waals surface area contributed by atoms with E-state index in [0.29, 0.717) is 32.7 Å². The third kappa shape index (κ3) is 16.4. The summed E-state index contributed by atoms with van der Waals surface area (Å²) in [7, 11) is 0. The van der Waals surface area contributed by atoms with Crippen LogP contribution in [0.5, 0.6) is 0 Å². The molecule has 0 aliphatic heterocycles. The van der Waals surface area contributed by atoms with Crippen molar-refractivity contribution in [3.63, 3.8) is 0 Å². The van der Waals surface area contributed by atoms with E-state index in [1.54, 1.807) is 12.1 Å². The van der Waals surface area contributed by atoms with Crippen molar-refractivity contribution >= 4 is 37.0 Å². The van der Waals surface area contributed by atoms with E-state index in [1.807, 2.05) is 18.7 Å². The van der Waals surface area contributed by atoms with Gasteiger partial charge in [-0.05, 0) is 30.5 Å². The Morgan fingerprint density at radius 1 is 0.939 bits per heavy atom. The summed E-state index contributed by atoms with van der Waals surface area (Å²) in [6.07, 6.45) is 2.85. The van der Waals surface area contributed by atoms with Crippen molar-refractivity contribution < 1.29 is 23.5 Å². The Morgan fingerprint density at radius 3 is 1.82 bits per heavy atom. The van der Waals surface area contributed by atoms with Crippen LogP contribution in [0.3, 0.4) is 0 Å². The van der Waals surface area contributed by atoms with Crippen molar-refractivity contribution in [3.8, 4) is 0 Å². The molecular formula is C22H39Cl2FN4O4. The van der Waals surface area contributed by atoms with Gasteiger partial charge in [-0.2, -0.15) is 0 Å². The van der Waals surface area contributed by atoms with Gasteiger partial charge in [0.15, 0.2) is 0 Å². The molecular weight excluding hydrogens is 474 g/mol. The quantitative estimate of drug-likeness (QED) is 0.306. The van der Waals surface area contributed by atoms with E-state index in [0.717, 1.165) is 31.2 Å². The average molecular weight is 513 g/mol. The molecule has 1 rings (SSSR count). The zero-order valence-corrected chi connectivity index (χ0v) is 21.1. The third-order valence-corrected chi connectivity index (χ3v) is 4.63. The number of rotatable bonds is 15. The first-order valence-electron chi connectivity index (χ1n) is 11.0. The number of ether oxygens (including phenoxy) is 2. The van der Waals surface area contributed by atoms with Crippen molar-refractivity contribution in [2.75, 3.05) is 45.9 Å². The molecule has 0 bridgehead atoms. The molecule has 0 radical (unpaired) electrons. The summed E-state index contributed by atoms with van der Waals surface area (Å²) in [5.41, 5.74) is 7.06. The fourth-order valence-electron chi connectivity index (χ4n) is 2.76. The molecule has 1 aromatic rings. The maximum Gasteiger partial charge on any atom is 0.407 e. The number of nitrogens with two attached hydrogens (primary N) is 1. The number of carbonyl (C=O) groups excluding carboxylic acids is 2. The first-order chi connectivity index (χ1) is 15.0. The topological polar surface area (TPSA) is 106 Å². The van der Waals surface area contributed by atoms with Crippen LogP contribution in [-0.4, -0.2) is 63.0 Å². The van der Waals surface area contributed by atoms with Crippen molar-refractivity contribution in [2.24, 2.45) is 5.73 Å². The molecule has 0 aliphatic carbocycles. The predicted molar refractivity (Wildman–Crippen MR) is 133 cm³/mol. The van der Waals surface area contributed by atoms with Gasteiger partial charge in [-0.25, -0.2) is 14.0 Å². The van der Waals surface area contributed by atoms with E-state index < -0.39 is 12.2 Å². The Hall–Kier alpha value is -1.81. The first-order valence-corrected chi connectivity index (χ1v) is 11.0. The Kier molecular flexibility index (Phi) is 21.0. The molecule has 0 fully saturated rings. The molecule has 0 saturated heterocycles. The van der Waals surface area contributed by atoms with E-state index >= 15 is 0 Å². The lowest BCUT2D eigenvalue weighted by Gasteiger charge is -2.25. The van der Waals surface area contributed by atoms with Gasteiger partial charge in [-0.1, -0.05) is 38.8 Å². The smallest absolute Gasteiger partial charge is 0.407 e. The number of carbonyl (C=O) groups is 2. The van der Waals surface area contributed by atoms with E-state index in [2.05, 4.69) is 10.6 Å². The fraction of sp³-hybridized carbons (Fsp3) is 0.636. The number of unbranched alkanes of at least 4 members (excludes halogenated alkanes) is 2. The van der Waals surface area contributed by atoms with Crippen LogP contribution in [0.2, 0.25) is 0 Å². The number of halogens is 3.